The molecule has 6 N–H and O–H groups in total. The normalized spacial score (nSPS) is 33.6. The van der Waals surface area contributed by atoms with Crippen molar-refractivity contribution in [3.05, 3.63) is 54.1 Å². The van der Waals surface area contributed by atoms with Crippen molar-refractivity contribution in [3.8, 4) is 0 Å². The number of aliphatic hydroxyl groups excluding tert-OH is 5. The minimum atomic E-state index is -1.41. The molecule has 7 aliphatic heterocycles. The molecule has 4 bridgehead atoms. The Balaban J connectivity index is 1.07. The van der Waals surface area contributed by atoms with Crippen molar-refractivity contribution in [1.29, 1.82) is 0 Å². The predicted octanol–water partition coefficient (Wildman–Crippen LogP) is 1.20. The highest BCUT2D eigenvalue weighted by atomic mass is 16.7. The molecule has 0 aromatic heterocycles. The molecule has 9 rings (SSSR count). The van der Waals surface area contributed by atoms with Crippen molar-refractivity contribution in [2.45, 2.75) is 113 Å². The number of amides is 1. The molecule has 10 atom stereocenters. The maximum atomic E-state index is 13.1. The molecule has 0 saturated carbocycles. The Hall–Kier alpha value is -2.82. The summed E-state index contributed by atoms with van der Waals surface area (Å²) < 4.78 is 32.2. The molecule has 1 amide bonds. The molecular formula is C38H53N2O11+. The Morgan fingerprint density at radius 1 is 1.00 bits per heavy atom. The lowest BCUT2D eigenvalue weighted by Gasteiger charge is -2.47. The third kappa shape index (κ3) is 7.65. The Kier molecular flexibility index (Phi) is 12.2. The molecule has 13 nitrogen and oxygen atoms in total. The second-order valence-corrected chi connectivity index (χ2v) is 14.3. The van der Waals surface area contributed by atoms with Crippen LogP contribution in [0.1, 0.15) is 52.0 Å². The van der Waals surface area contributed by atoms with E-state index in [4.69, 9.17) is 23.7 Å². The van der Waals surface area contributed by atoms with E-state index < -0.39 is 74.4 Å². The number of ether oxygens (including phenoxy) is 5. The van der Waals surface area contributed by atoms with Crippen LogP contribution in [-0.2, 0) is 33.9 Å². The summed E-state index contributed by atoms with van der Waals surface area (Å²) in [6.45, 7) is 6.59. The van der Waals surface area contributed by atoms with Gasteiger partial charge in [-0.25, -0.2) is 0 Å². The van der Waals surface area contributed by atoms with E-state index in [0.717, 1.165) is 11.4 Å². The Labute approximate surface area is 298 Å². The van der Waals surface area contributed by atoms with Gasteiger partial charge in [0.1, 0.15) is 48.8 Å². The van der Waals surface area contributed by atoms with Gasteiger partial charge >= 0.3 is 0 Å². The summed E-state index contributed by atoms with van der Waals surface area (Å²) in [4.78, 5) is 13.1. The van der Waals surface area contributed by atoms with Crippen LogP contribution in [0.15, 0.2) is 48.6 Å². The first-order valence-electron chi connectivity index (χ1n) is 18.1. The molecule has 51 heavy (non-hydrogen) atoms. The van der Waals surface area contributed by atoms with Gasteiger partial charge in [-0.05, 0) is 56.9 Å². The van der Waals surface area contributed by atoms with E-state index >= 15 is 0 Å². The molecular weight excluding hydrogens is 660 g/mol. The molecule has 0 spiro atoms. The van der Waals surface area contributed by atoms with Crippen molar-refractivity contribution in [2.24, 2.45) is 0 Å². The molecule has 0 aliphatic carbocycles. The van der Waals surface area contributed by atoms with Gasteiger partial charge < -0.3 is 54.5 Å². The van der Waals surface area contributed by atoms with Gasteiger partial charge in [-0.2, -0.15) is 4.58 Å². The SMILES string of the molecule is C/C=C/C1=[N+](CCC(=O)NCCCO[C@H]2[C@H]3OC4[C@@H](CO)O[C@H](CCCO[C@@H]([C@@H]2O)[C@@H](CO)O3)[C@H](O)[C@H]4O)c2ccc3ccccc3c2C1(C)C. The molecule has 7 heterocycles. The van der Waals surface area contributed by atoms with Gasteiger partial charge in [-0.3, -0.25) is 4.79 Å². The zero-order valence-corrected chi connectivity index (χ0v) is 29.6. The summed E-state index contributed by atoms with van der Waals surface area (Å²) in [7, 11) is 0. The van der Waals surface area contributed by atoms with Crippen LogP contribution in [-0.4, -0.2) is 142 Å². The number of aliphatic hydroxyl groups is 5. The summed E-state index contributed by atoms with van der Waals surface area (Å²) in [6.07, 6.45) is -5.53. The van der Waals surface area contributed by atoms with Crippen LogP contribution >= 0.6 is 0 Å². The maximum Gasteiger partial charge on any atom is 0.226 e. The summed E-state index contributed by atoms with van der Waals surface area (Å²) >= 11 is 0. The van der Waals surface area contributed by atoms with E-state index in [1.54, 1.807) is 0 Å². The smallest absolute Gasteiger partial charge is 0.226 e. The van der Waals surface area contributed by atoms with Gasteiger partial charge in [-0.1, -0.05) is 30.3 Å². The van der Waals surface area contributed by atoms with Crippen LogP contribution in [0, 0.1) is 0 Å². The van der Waals surface area contributed by atoms with Crippen molar-refractivity contribution in [2.75, 3.05) is 39.5 Å². The zero-order valence-electron chi connectivity index (χ0n) is 29.6. The number of nitrogens with zero attached hydrogens (tertiary/aromatic N) is 1. The molecule has 2 aromatic carbocycles. The molecule has 2 aromatic rings. The fourth-order valence-corrected chi connectivity index (χ4v) is 8.02. The van der Waals surface area contributed by atoms with Gasteiger partial charge in [0.2, 0.25) is 11.6 Å². The van der Waals surface area contributed by atoms with Crippen molar-refractivity contribution in [1.82, 2.24) is 5.32 Å². The lowest BCUT2D eigenvalue weighted by Crippen LogP contribution is -2.65. The van der Waals surface area contributed by atoms with Crippen LogP contribution in [0.5, 0.6) is 0 Å². The van der Waals surface area contributed by atoms with Crippen LogP contribution in [0.2, 0.25) is 0 Å². The molecule has 7 aliphatic rings. The number of carbonyl (C=O) groups is 1. The minimum Gasteiger partial charge on any atom is -0.394 e. The number of benzene rings is 2. The maximum absolute atomic E-state index is 13.1. The van der Waals surface area contributed by atoms with E-state index in [9.17, 15) is 30.3 Å². The predicted molar refractivity (Wildman–Crippen MR) is 187 cm³/mol. The van der Waals surface area contributed by atoms with E-state index in [-0.39, 0.29) is 31.0 Å². The fourth-order valence-electron chi connectivity index (χ4n) is 8.02. The number of nitrogens with one attached hydrogen (secondary N) is 1. The van der Waals surface area contributed by atoms with Gasteiger partial charge in [-0.15, -0.1) is 0 Å². The van der Waals surface area contributed by atoms with Crippen LogP contribution in [0.3, 0.4) is 0 Å². The molecule has 1 unspecified atom stereocenters. The van der Waals surface area contributed by atoms with Crippen molar-refractivity contribution in [3.63, 3.8) is 0 Å². The lowest BCUT2D eigenvalue weighted by atomic mass is 9.79. The first-order chi connectivity index (χ1) is 24.6. The topological polar surface area (TPSA) is 179 Å². The number of hydrogen-bond acceptors (Lipinski definition) is 11. The molecule has 13 heteroatoms. The quantitative estimate of drug-likeness (QED) is 0.146. The summed E-state index contributed by atoms with van der Waals surface area (Å²) in [5, 5.41) is 58.5. The number of fused-ring (bicyclic) bond motifs is 3. The van der Waals surface area contributed by atoms with Gasteiger partial charge in [0.15, 0.2) is 18.5 Å². The molecule has 6 fully saturated rings. The van der Waals surface area contributed by atoms with Crippen LogP contribution in [0.4, 0.5) is 5.69 Å². The second-order valence-electron chi connectivity index (χ2n) is 14.3. The summed E-state index contributed by atoms with van der Waals surface area (Å²) in [6, 6.07) is 12.6. The first-order valence-corrected chi connectivity index (χ1v) is 18.1. The first kappa shape index (κ1) is 37.9. The highest BCUT2D eigenvalue weighted by molar-refractivity contribution is 6.07. The largest absolute Gasteiger partial charge is 0.394 e. The molecule has 6 saturated heterocycles. The van der Waals surface area contributed by atoms with Crippen LogP contribution in [0.25, 0.3) is 10.8 Å². The standard InChI is InChI=1S/C38H52N2O11/c1-4-9-28-38(2,3)30-23-11-6-5-10-22(23)13-14-24(30)40(28)17-15-29(43)39-16-8-19-48-36-33(46)34-26(20-41)50-37(36)51-35-27(21-42)49-25(12-7-18-47-34)31(44)32(35)45/h4-6,9-11,13-14,25-27,31-37,41-42,44-46H,7-8,12,15-21H2,1-3H3/p+1/b9-4+/t25-,26-,27-,31+,32-,33+,34-,35?,36-,37-/m1/s1. The van der Waals surface area contributed by atoms with E-state index in [0.29, 0.717) is 32.4 Å². The minimum absolute atomic E-state index is 0.105. The third-order valence-electron chi connectivity index (χ3n) is 10.6. The number of carbonyl (C=O) groups excluding carboxylic acids is 1. The second kappa shape index (κ2) is 16.5. The Morgan fingerprint density at radius 2 is 1.76 bits per heavy atom. The van der Waals surface area contributed by atoms with E-state index in [2.05, 4.69) is 60.1 Å². The Morgan fingerprint density at radius 3 is 2.53 bits per heavy atom. The van der Waals surface area contributed by atoms with Crippen molar-refractivity contribution >= 4 is 28.1 Å². The molecule has 280 valence electrons. The number of rotatable bonds is 11. The number of hydrogen-bond donors (Lipinski definition) is 6. The monoisotopic (exact) mass is 713 g/mol. The summed E-state index contributed by atoms with van der Waals surface area (Å²) in [5.74, 6) is -0.105. The van der Waals surface area contributed by atoms with Gasteiger partial charge in [0, 0.05) is 37.5 Å². The highest BCUT2D eigenvalue weighted by Gasteiger charge is 2.52. The average Bonchev–Trinajstić information content (AvgIpc) is 3.36. The Bertz CT molecular complexity index is 1580. The van der Waals surface area contributed by atoms with E-state index in [1.807, 2.05) is 19.1 Å². The average molecular weight is 714 g/mol. The van der Waals surface area contributed by atoms with Gasteiger partial charge in [0.05, 0.1) is 31.2 Å². The highest BCUT2D eigenvalue weighted by Crippen LogP contribution is 2.44. The van der Waals surface area contributed by atoms with E-state index in [1.165, 1.54) is 16.3 Å². The molecule has 0 radical (unpaired) electrons. The summed E-state index contributed by atoms with van der Waals surface area (Å²) in [5.41, 5.74) is 3.26. The lowest BCUT2D eigenvalue weighted by molar-refractivity contribution is -0.436. The van der Waals surface area contributed by atoms with Crippen molar-refractivity contribution < 1.29 is 58.6 Å². The van der Waals surface area contributed by atoms with Crippen LogP contribution < -0.4 is 5.32 Å². The zero-order chi connectivity index (χ0) is 36.3. The third-order valence-corrected chi connectivity index (χ3v) is 10.6. The number of allylic oxidation sites excluding steroid dienone is 2. The van der Waals surface area contributed by atoms with Gasteiger partial charge in [0.25, 0.3) is 0 Å². The fraction of sp³-hybridized carbons (Fsp3) is 0.632.